The van der Waals surface area contributed by atoms with Gasteiger partial charge in [0.25, 0.3) is 0 Å². The molecule has 0 amide bonds. The number of methoxy groups -OCH3 is 1. The number of aryl methyl sites for hydroxylation is 3. The molecule has 0 saturated carbocycles. The molecule has 0 aliphatic carbocycles. The highest BCUT2D eigenvalue weighted by atomic mass is 16.5. The summed E-state index contributed by atoms with van der Waals surface area (Å²) in [6.07, 6.45) is 0. The van der Waals surface area contributed by atoms with Gasteiger partial charge in [-0.25, -0.2) is 9.97 Å². The van der Waals surface area contributed by atoms with Crippen LogP contribution in [0.5, 0.6) is 5.75 Å². The zero-order chi connectivity index (χ0) is 16.4. The standard InChI is InChI=1S/C17H21N5O/c1-5-22-16-15(11(2)21-22)19-12(3)20-17(16)18-10-13-6-8-14(23-4)9-7-13/h6-9H,5,10H2,1-4H3,(H,18,19,20). The lowest BCUT2D eigenvalue weighted by atomic mass is 10.2. The van der Waals surface area contributed by atoms with E-state index in [4.69, 9.17) is 4.74 Å². The molecule has 0 bridgehead atoms. The van der Waals surface area contributed by atoms with Crippen molar-refractivity contribution in [2.24, 2.45) is 0 Å². The normalized spacial score (nSPS) is 11.0. The molecular formula is C17H21N5O. The summed E-state index contributed by atoms with van der Waals surface area (Å²) in [6, 6.07) is 8.00. The van der Waals surface area contributed by atoms with Crippen molar-refractivity contribution in [3.8, 4) is 5.75 Å². The molecule has 0 aliphatic heterocycles. The molecule has 120 valence electrons. The minimum atomic E-state index is 0.684. The first-order valence-electron chi connectivity index (χ1n) is 7.71. The largest absolute Gasteiger partial charge is 0.497 e. The van der Waals surface area contributed by atoms with E-state index in [0.717, 1.165) is 46.2 Å². The second-order valence-electron chi connectivity index (χ2n) is 5.42. The maximum absolute atomic E-state index is 5.19. The third-order valence-electron chi connectivity index (χ3n) is 3.79. The van der Waals surface area contributed by atoms with Crippen LogP contribution in [0.2, 0.25) is 0 Å². The molecular weight excluding hydrogens is 290 g/mol. The Balaban J connectivity index is 1.92. The number of nitrogens with zero attached hydrogens (tertiary/aromatic N) is 4. The summed E-state index contributed by atoms with van der Waals surface area (Å²) in [4.78, 5) is 9.10. The van der Waals surface area contributed by atoms with Crippen LogP contribution in [0.1, 0.15) is 24.0 Å². The van der Waals surface area contributed by atoms with Crippen molar-refractivity contribution in [1.29, 1.82) is 0 Å². The number of ether oxygens (including phenoxy) is 1. The molecule has 2 aromatic heterocycles. The maximum atomic E-state index is 5.19. The highest BCUT2D eigenvalue weighted by Gasteiger charge is 2.14. The summed E-state index contributed by atoms with van der Waals surface area (Å²) < 4.78 is 7.13. The molecule has 0 fully saturated rings. The third-order valence-corrected chi connectivity index (χ3v) is 3.79. The molecule has 0 saturated heterocycles. The number of hydrogen-bond donors (Lipinski definition) is 1. The van der Waals surface area contributed by atoms with Gasteiger partial charge in [-0.05, 0) is 38.5 Å². The van der Waals surface area contributed by atoms with Crippen molar-refractivity contribution in [2.45, 2.75) is 33.9 Å². The minimum Gasteiger partial charge on any atom is -0.497 e. The molecule has 0 aliphatic rings. The lowest BCUT2D eigenvalue weighted by molar-refractivity contribution is 0.414. The number of anilines is 1. The zero-order valence-corrected chi connectivity index (χ0v) is 13.9. The average molecular weight is 311 g/mol. The van der Waals surface area contributed by atoms with Crippen LogP contribution in [0.3, 0.4) is 0 Å². The fourth-order valence-electron chi connectivity index (χ4n) is 2.62. The molecule has 6 heteroatoms. The second kappa shape index (κ2) is 6.24. The fourth-order valence-corrected chi connectivity index (χ4v) is 2.62. The quantitative estimate of drug-likeness (QED) is 0.784. The Morgan fingerprint density at radius 2 is 1.87 bits per heavy atom. The predicted octanol–water partition coefficient (Wildman–Crippen LogP) is 3.08. The number of rotatable bonds is 5. The first kappa shape index (κ1) is 15.3. The van der Waals surface area contributed by atoms with Crippen LogP contribution >= 0.6 is 0 Å². The maximum Gasteiger partial charge on any atom is 0.156 e. The second-order valence-corrected chi connectivity index (χ2v) is 5.42. The highest BCUT2D eigenvalue weighted by Crippen LogP contribution is 2.24. The fraction of sp³-hybridized carbons (Fsp3) is 0.353. The van der Waals surface area contributed by atoms with Crippen molar-refractivity contribution < 1.29 is 4.74 Å². The lowest BCUT2D eigenvalue weighted by Gasteiger charge is -2.10. The molecule has 2 heterocycles. The van der Waals surface area contributed by atoms with Gasteiger partial charge in [0.15, 0.2) is 5.82 Å². The van der Waals surface area contributed by atoms with E-state index in [1.54, 1.807) is 7.11 Å². The summed E-state index contributed by atoms with van der Waals surface area (Å²) in [5.41, 5.74) is 3.97. The topological polar surface area (TPSA) is 64.9 Å². The Kier molecular flexibility index (Phi) is 4.14. The van der Waals surface area contributed by atoms with Crippen LogP contribution in [0.4, 0.5) is 5.82 Å². The van der Waals surface area contributed by atoms with E-state index < -0.39 is 0 Å². The molecule has 0 unspecified atom stereocenters. The van der Waals surface area contributed by atoms with Crippen molar-refractivity contribution in [3.05, 3.63) is 41.3 Å². The minimum absolute atomic E-state index is 0.684. The smallest absolute Gasteiger partial charge is 0.156 e. The lowest BCUT2D eigenvalue weighted by Crippen LogP contribution is -2.07. The third kappa shape index (κ3) is 2.97. The van der Waals surface area contributed by atoms with Crippen LogP contribution in [0, 0.1) is 13.8 Å². The predicted molar refractivity (Wildman–Crippen MR) is 90.8 cm³/mol. The van der Waals surface area contributed by atoms with Crippen LogP contribution in [0.25, 0.3) is 11.0 Å². The summed E-state index contributed by atoms with van der Waals surface area (Å²) in [5, 5.41) is 7.96. The summed E-state index contributed by atoms with van der Waals surface area (Å²) in [5.74, 6) is 2.42. The summed E-state index contributed by atoms with van der Waals surface area (Å²) >= 11 is 0. The van der Waals surface area contributed by atoms with Crippen LogP contribution in [0.15, 0.2) is 24.3 Å². The zero-order valence-electron chi connectivity index (χ0n) is 13.9. The highest BCUT2D eigenvalue weighted by molar-refractivity contribution is 5.87. The number of nitrogens with one attached hydrogen (secondary N) is 1. The molecule has 0 atom stereocenters. The van der Waals surface area contributed by atoms with Gasteiger partial charge in [0.1, 0.15) is 22.6 Å². The Morgan fingerprint density at radius 1 is 1.13 bits per heavy atom. The van der Waals surface area contributed by atoms with E-state index in [9.17, 15) is 0 Å². The summed E-state index contributed by atoms with van der Waals surface area (Å²) in [6.45, 7) is 7.42. The van der Waals surface area contributed by atoms with E-state index in [1.165, 1.54) is 0 Å². The van der Waals surface area contributed by atoms with Gasteiger partial charge in [-0.15, -0.1) is 0 Å². The van der Waals surface area contributed by atoms with E-state index in [0.29, 0.717) is 6.54 Å². The first-order chi connectivity index (χ1) is 11.1. The van der Waals surface area contributed by atoms with Gasteiger partial charge in [0, 0.05) is 13.1 Å². The van der Waals surface area contributed by atoms with E-state index in [2.05, 4.69) is 27.3 Å². The van der Waals surface area contributed by atoms with Gasteiger partial charge in [-0.3, -0.25) is 4.68 Å². The van der Waals surface area contributed by atoms with Gasteiger partial charge in [-0.2, -0.15) is 5.10 Å². The van der Waals surface area contributed by atoms with Gasteiger partial charge in [0.2, 0.25) is 0 Å². The number of hydrogen-bond acceptors (Lipinski definition) is 5. The molecule has 1 N–H and O–H groups in total. The van der Waals surface area contributed by atoms with Gasteiger partial charge < -0.3 is 10.1 Å². The molecule has 1 aromatic carbocycles. The molecule has 0 radical (unpaired) electrons. The number of benzene rings is 1. The Bertz CT molecular complexity index is 823. The molecule has 6 nitrogen and oxygen atoms in total. The van der Waals surface area contributed by atoms with E-state index in [1.807, 2.05) is 42.8 Å². The van der Waals surface area contributed by atoms with E-state index >= 15 is 0 Å². The Morgan fingerprint density at radius 3 is 2.52 bits per heavy atom. The van der Waals surface area contributed by atoms with Crippen molar-refractivity contribution in [1.82, 2.24) is 19.7 Å². The van der Waals surface area contributed by atoms with Gasteiger partial charge in [-0.1, -0.05) is 12.1 Å². The average Bonchev–Trinajstić information content (AvgIpc) is 2.89. The van der Waals surface area contributed by atoms with E-state index in [-0.39, 0.29) is 0 Å². The van der Waals surface area contributed by atoms with Crippen molar-refractivity contribution >= 4 is 16.9 Å². The molecule has 23 heavy (non-hydrogen) atoms. The molecule has 0 spiro atoms. The number of fused-ring (bicyclic) bond motifs is 1. The first-order valence-corrected chi connectivity index (χ1v) is 7.71. The van der Waals surface area contributed by atoms with Crippen LogP contribution in [-0.2, 0) is 13.1 Å². The Hall–Kier alpha value is -2.63. The van der Waals surface area contributed by atoms with Crippen LogP contribution < -0.4 is 10.1 Å². The van der Waals surface area contributed by atoms with Gasteiger partial charge in [0.05, 0.1) is 12.8 Å². The van der Waals surface area contributed by atoms with Gasteiger partial charge >= 0.3 is 0 Å². The van der Waals surface area contributed by atoms with Crippen molar-refractivity contribution in [3.63, 3.8) is 0 Å². The summed E-state index contributed by atoms with van der Waals surface area (Å²) in [7, 11) is 1.67. The monoisotopic (exact) mass is 311 g/mol. The van der Waals surface area contributed by atoms with Crippen LogP contribution in [-0.4, -0.2) is 26.9 Å². The number of aromatic nitrogens is 4. The Labute approximate surface area is 135 Å². The molecule has 3 aromatic rings. The molecule has 3 rings (SSSR count). The van der Waals surface area contributed by atoms with Crippen molar-refractivity contribution in [2.75, 3.05) is 12.4 Å². The SMILES string of the molecule is CCn1nc(C)c2nc(C)nc(NCc3ccc(OC)cc3)c21.